The zero-order valence-corrected chi connectivity index (χ0v) is 20.8. The number of anilines is 1. The zero-order chi connectivity index (χ0) is 26.8. The lowest BCUT2D eigenvalue weighted by molar-refractivity contribution is -0.122. The van der Waals surface area contributed by atoms with E-state index in [0.717, 1.165) is 32.7 Å². The number of hydrogen-bond acceptors (Lipinski definition) is 7. The minimum atomic E-state index is -1.79. The van der Waals surface area contributed by atoms with Crippen molar-refractivity contribution in [3.05, 3.63) is 64.2 Å². The number of rotatable bonds is 0. The molecule has 0 saturated carbocycles. The van der Waals surface area contributed by atoms with Gasteiger partial charge in [-0.3, -0.25) is 4.79 Å². The average molecular weight is 490 g/mol. The van der Waals surface area contributed by atoms with Gasteiger partial charge in [-0.15, -0.1) is 0 Å². The van der Waals surface area contributed by atoms with Crippen LogP contribution in [0, 0.1) is 56.2 Å². The van der Waals surface area contributed by atoms with Gasteiger partial charge in [0.15, 0.2) is 10.8 Å². The number of benzene rings is 2. The fourth-order valence-electron chi connectivity index (χ4n) is 5.97. The topological polar surface area (TPSA) is 142 Å². The van der Waals surface area contributed by atoms with Crippen molar-refractivity contribution in [2.75, 3.05) is 4.90 Å². The van der Waals surface area contributed by atoms with E-state index in [4.69, 9.17) is 4.74 Å². The van der Waals surface area contributed by atoms with Crippen LogP contribution in [0.4, 0.5) is 10.5 Å². The summed E-state index contributed by atoms with van der Waals surface area (Å²) in [5.74, 6) is -0.357. The van der Waals surface area contributed by atoms with Gasteiger partial charge in [-0.2, -0.15) is 21.0 Å². The molecule has 0 radical (unpaired) electrons. The summed E-state index contributed by atoms with van der Waals surface area (Å²) in [7, 11) is 0. The molecule has 1 heterocycles. The summed E-state index contributed by atoms with van der Waals surface area (Å²) in [5, 5.41) is 39.5. The van der Waals surface area contributed by atoms with Gasteiger partial charge in [0, 0.05) is 12.8 Å². The van der Waals surface area contributed by atoms with Gasteiger partial charge in [0.25, 0.3) is 0 Å². The van der Waals surface area contributed by atoms with Crippen LogP contribution in [-0.4, -0.2) is 17.6 Å². The van der Waals surface area contributed by atoms with Crippen LogP contribution in [0.5, 0.6) is 0 Å². The molecule has 0 bridgehead atoms. The fraction of sp³-hybridized carbons (Fsp3) is 0.379. The number of carbonyl (C=O) groups excluding carboxylic acids is 2. The van der Waals surface area contributed by atoms with Crippen LogP contribution >= 0.6 is 0 Å². The summed E-state index contributed by atoms with van der Waals surface area (Å²) in [6.45, 7) is 5.23. The van der Waals surface area contributed by atoms with Crippen LogP contribution in [0.15, 0.2) is 36.4 Å². The first kappa shape index (κ1) is 24.1. The maximum absolute atomic E-state index is 13.9. The summed E-state index contributed by atoms with van der Waals surface area (Å²) in [6.07, 6.45) is -0.133. The monoisotopic (exact) mass is 489 g/mol. The van der Waals surface area contributed by atoms with Gasteiger partial charge >= 0.3 is 6.09 Å². The van der Waals surface area contributed by atoms with Crippen molar-refractivity contribution in [1.82, 2.24) is 0 Å². The van der Waals surface area contributed by atoms with Gasteiger partial charge in [0.05, 0.1) is 35.4 Å². The number of nitriles is 4. The van der Waals surface area contributed by atoms with Crippen molar-refractivity contribution in [2.24, 2.45) is 10.8 Å². The molecule has 37 heavy (non-hydrogen) atoms. The Balaban J connectivity index is 1.59. The maximum Gasteiger partial charge on any atom is 0.421 e. The largest absolute Gasteiger partial charge is 0.443 e. The van der Waals surface area contributed by atoms with E-state index in [-0.39, 0.29) is 18.7 Å². The highest BCUT2D eigenvalue weighted by Gasteiger charge is 2.59. The molecule has 0 N–H and O–H groups in total. The SMILES string of the molecule is CC(C)(C)OC(=O)N1C(=O)C2(Cc3cc4c(cc3C2)CC(C#N)(C#N)C(C#N)(C#N)C4)c2ccccc21. The van der Waals surface area contributed by atoms with E-state index in [1.165, 1.54) is 0 Å². The van der Waals surface area contributed by atoms with Crippen LogP contribution in [0.25, 0.3) is 0 Å². The number of carbonyl (C=O) groups is 2. The van der Waals surface area contributed by atoms with E-state index >= 15 is 0 Å². The summed E-state index contributed by atoms with van der Waals surface area (Å²) in [4.78, 5) is 28.2. The van der Waals surface area contributed by atoms with Crippen LogP contribution < -0.4 is 4.90 Å². The Morgan fingerprint density at radius 3 is 1.76 bits per heavy atom. The lowest BCUT2D eigenvalue weighted by atomic mass is 9.57. The molecule has 2 aromatic carbocycles. The fourth-order valence-corrected chi connectivity index (χ4v) is 5.97. The first-order chi connectivity index (χ1) is 17.5. The number of para-hydroxylation sites is 1. The predicted octanol–water partition coefficient (Wildman–Crippen LogP) is 4.17. The molecule has 2 aliphatic carbocycles. The van der Waals surface area contributed by atoms with Gasteiger partial charge in [0.1, 0.15) is 5.60 Å². The van der Waals surface area contributed by atoms with E-state index < -0.39 is 27.9 Å². The molecule has 0 fully saturated rings. The van der Waals surface area contributed by atoms with E-state index in [2.05, 4.69) is 0 Å². The van der Waals surface area contributed by atoms with Gasteiger partial charge in [-0.05, 0) is 67.5 Å². The highest BCUT2D eigenvalue weighted by molar-refractivity contribution is 6.21. The molecule has 1 aliphatic heterocycles. The molecule has 1 spiro atoms. The first-order valence-corrected chi connectivity index (χ1v) is 11.9. The normalized spacial score (nSPS) is 19.4. The average Bonchev–Trinajstić information content (AvgIpc) is 3.35. The van der Waals surface area contributed by atoms with Gasteiger partial charge in [-0.25, -0.2) is 9.69 Å². The maximum atomic E-state index is 13.9. The molecular weight excluding hydrogens is 466 g/mol. The third kappa shape index (κ3) is 3.16. The molecule has 5 rings (SSSR count). The Labute approximate surface area is 214 Å². The Kier molecular flexibility index (Phi) is 4.98. The van der Waals surface area contributed by atoms with Crippen molar-refractivity contribution in [2.45, 2.75) is 57.5 Å². The zero-order valence-electron chi connectivity index (χ0n) is 20.8. The second-order valence-electron chi connectivity index (χ2n) is 11.1. The van der Waals surface area contributed by atoms with Gasteiger partial charge in [0.2, 0.25) is 5.91 Å². The lowest BCUT2D eigenvalue weighted by Gasteiger charge is -2.37. The molecule has 8 nitrogen and oxygen atoms in total. The Hall–Kier alpha value is -4.66. The molecule has 8 heteroatoms. The summed E-state index contributed by atoms with van der Waals surface area (Å²) >= 11 is 0. The van der Waals surface area contributed by atoms with Crippen LogP contribution in [-0.2, 0) is 40.6 Å². The van der Waals surface area contributed by atoms with Crippen molar-refractivity contribution in [3.8, 4) is 24.3 Å². The smallest absolute Gasteiger partial charge is 0.421 e. The van der Waals surface area contributed by atoms with Crippen LogP contribution in [0.3, 0.4) is 0 Å². The molecule has 182 valence electrons. The van der Waals surface area contributed by atoms with Crippen molar-refractivity contribution in [1.29, 1.82) is 21.0 Å². The molecule has 2 amide bonds. The van der Waals surface area contributed by atoms with E-state index in [1.54, 1.807) is 32.9 Å². The van der Waals surface area contributed by atoms with E-state index in [0.29, 0.717) is 18.5 Å². The number of fused-ring (bicyclic) bond motifs is 4. The van der Waals surface area contributed by atoms with Crippen molar-refractivity contribution >= 4 is 17.7 Å². The Bertz CT molecular complexity index is 1460. The number of ether oxygens (including phenoxy) is 1. The number of hydrogen-bond donors (Lipinski definition) is 0. The quantitative estimate of drug-likeness (QED) is 0.540. The highest BCUT2D eigenvalue weighted by Crippen LogP contribution is 2.53. The summed E-state index contributed by atoms with van der Waals surface area (Å²) in [5.41, 5.74) is -0.893. The van der Waals surface area contributed by atoms with Crippen LogP contribution in [0.2, 0.25) is 0 Å². The second kappa shape index (κ2) is 7.67. The number of imide groups is 1. The predicted molar refractivity (Wildman–Crippen MR) is 130 cm³/mol. The third-order valence-corrected chi connectivity index (χ3v) is 7.76. The number of nitrogens with zero attached hydrogens (tertiary/aromatic N) is 5. The van der Waals surface area contributed by atoms with Gasteiger partial charge in [-0.1, -0.05) is 30.3 Å². The Morgan fingerprint density at radius 1 is 0.838 bits per heavy atom. The first-order valence-electron chi connectivity index (χ1n) is 11.9. The molecule has 0 unspecified atom stereocenters. The standard InChI is InChI=1S/C29H23N5O3/c1-26(2,3)37-25(36)34-23-7-5-4-6-22(23)29(24(34)35)12-20-8-18-10-27(14-30,15-31)28(16-32,17-33)11-19(18)9-21(20)13-29/h4-9H,10-13H2,1-3H3. The van der Waals surface area contributed by atoms with Gasteiger partial charge < -0.3 is 4.74 Å². The highest BCUT2D eigenvalue weighted by atomic mass is 16.6. The summed E-state index contributed by atoms with van der Waals surface area (Å²) in [6, 6.07) is 18.8. The molecule has 0 aromatic heterocycles. The molecule has 0 saturated heterocycles. The lowest BCUT2D eigenvalue weighted by Crippen LogP contribution is -2.45. The molecular formula is C29H23N5O3. The Morgan fingerprint density at radius 2 is 1.30 bits per heavy atom. The molecule has 2 aromatic rings. The molecule has 0 atom stereocenters. The number of amides is 2. The third-order valence-electron chi connectivity index (χ3n) is 7.76. The minimum Gasteiger partial charge on any atom is -0.443 e. The minimum absolute atomic E-state index is 0.0503. The molecule has 3 aliphatic rings. The summed E-state index contributed by atoms with van der Waals surface area (Å²) < 4.78 is 5.55. The van der Waals surface area contributed by atoms with Crippen molar-refractivity contribution < 1.29 is 14.3 Å². The van der Waals surface area contributed by atoms with Crippen LogP contribution in [0.1, 0.15) is 48.6 Å². The van der Waals surface area contributed by atoms with Crippen molar-refractivity contribution in [3.63, 3.8) is 0 Å². The second-order valence-corrected chi connectivity index (χ2v) is 11.1. The van der Waals surface area contributed by atoms with E-state index in [9.17, 15) is 30.6 Å². The van der Waals surface area contributed by atoms with E-state index in [1.807, 2.05) is 48.5 Å².